The number of benzene rings is 1. The highest BCUT2D eigenvalue weighted by Crippen LogP contribution is 2.33. The molecule has 26 heavy (non-hydrogen) atoms. The van der Waals surface area contributed by atoms with Crippen LogP contribution < -0.4 is 5.32 Å². The van der Waals surface area contributed by atoms with Gasteiger partial charge in [0.25, 0.3) is 5.89 Å². The lowest BCUT2D eigenvalue weighted by Crippen LogP contribution is -2.62. The minimum Gasteiger partial charge on any atom is -0.425 e. The highest BCUT2D eigenvalue weighted by molar-refractivity contribution is 7.99. The molecule has 3 aliphatic heterocycles. The number of nitrogens with one attached hydrogen (secondary N) is 1. The van der Waals surface area contributed by atoms with Crippen LogP contribution in [0.3, 0.4) is 0 Å². The molecule has 1 aromatic heterocycles. The van der Waals surface area contributed by atoms with Crippen molar-refractivity contribution in [2.45, 2.75) is 41.8 Å². The molecular formula is C18H19F2N3O2S. The smallest absolute Gasteiger partial charge is 0.307 e. The molecule has 3 fully saturated rings. The van der Waals surface area contributed by atoms with Crippen molar-refractivity contribution in [1.29, 1.82) is 0 Å². The van der Waals surface area contributed by atoms with E-state index in [4.69, 9.17) is 4.42 Å². The van der Waals surface area contributed by atoms with Crippen molar-refractivity contribution in [3.05, 3.63) is 41.9 Å². The lowest BCUT2D eigenvalue weighted by molar-refractivity contribution is 0.0209. The van der Waals surface area contributed by atoms with Crippen LogP contribution in [0.4, 0.5) is 8.78 Å². The second-order valence-electron chi connectivity index (χ2n) is 6.77. The van der Waals surface area contributed by atoms with Gasteiger partial charge in [0.05, 0.1) is 11.1 Å². The molecule has 2 aromatic rings. The van der Waals surface area contributed by atoms with Crippen LogP contribution in [0.15, 0.2) is 38.8 Å². The largest absolute Gasteiger partial charge is 0.425 e. The van der Waals surface area contributed by atoms with E-state index in [1.807, 2.05) is 0 Å². The fraction of sp³-hybridized carbons (Fsp3) is 0.444. The number of hydrogen-bond donors (Lipinski definition) is 1. The van der Waals surface area contributed by atoms with Crippen molar-refractivity contribution < 1.29 is 18.0 Å². The normalized spacial score (nSPS) is 27.5. The summed E-state index contributed by atoms with van der Waals surface area (Å²) in [5.74, 6) is -1.24. The maximum absolute atomic E-state index is 13.7. The monoisotopic (exact) mass is 379 g/mol. The average Bonchev–Trinajstić information content (AvgIpc) is 3.09. The third kappa shape index (κ3) is 3.35. The van der Waals surface area contributed by atoms with Gasteiger partial charge in [-0.15, -0.1) is 0 Å². The van der Waals surface area contributed by atoms with Gasteiger partial charge in [-0.3, -0.25) is 9.69 Å². The highest BCUT2D eigenvalue weighted by atomic mass is 32.2. The predicted octanol–water partition coefficient (Wildman–Crippen LogP) is 3.32. The van der Waals surface area contributed by atoms with Crippen LogP contribution >= 0.6 is 11.8 Å². The Morgan fingerprint density at radius 2 is 2.12 bits per heavy atom. The molecule has 2 atom stereocenters. The number of amides is 1. The molecule has 0 aliphatic carbocycles. The lowest BCUT2D eigenvalue weighted by atomic mass is 9.79. The number of carbonyl (C=O) groups is 1. The van der Waals surface area contributed by atoms with Crippen molar-refractivity contribution in [2.24, 2.45) is 5.92 Å². The van der Waals surface area contributed by atoms with Crippen molar-refractivity contribution in [3.8, 4) is 0 Å². The Bertz CT molecular complexity index is 819. The van der Waals surface area contributed by atoms with Crippen LogP contribution in [0.25, 0.3) is 0 Å². The van der Waals surface area contributed by atoms with E-state index in [0.29, 0.717) is 12.0 Å². The maximum atomic E-state index is 13.7. The van der Waals surface area contributed by atoms with E-state index < -0.39 is 11.6 Å². The zero-order valence-electron chi connectivity index (χ0n) is 14.2. The molecule has 5 rings (SSSR count). The molecule has 5 nitrogen and oxygen atoms in total. The number of fused-ring (bicyclic) bond motifs is 3. The quantitative estimate of drug-likeness (QED) is 0.883. The minimum absolute atomic E-state index is 0.0429. The fourth-order valence-corrected chi connectivity index (χ4v) is 4.57. The van der Waals surface area contributed by atoms with E-state index in [1.165, 1.54) is 18.3 Å². The van der Waals surface area contributed by atoms with Gasteiger partial charge in [-0.05, 0) is 62.7 Å². The van der Waals surface area contributed by atoms with E-state index in [0.717, 1.165) is 43.8 Å². The third-order valence-corrected chi connectivity index (χ3v) is 6.20. The van der Waals surface area contributed by atoms with E-state index in [-0.39, 0.29) is 27.8 Å². The first-order valence-corrected chi connectivity index (χ1v) is 9.46. The molecule has 1 aromatic carbocycles. The van der Waals surface area contributed by atoms with E-state index in [2.05, 4.69) is 22.1 Å². The first kappa shape index (κ1) is 17.5. The molecular weight excluding hydrogens is 360 g/mol. The van der Waals surface area contributed by atoms with Gasteiger partial charge >= 0.3 is 5.91 Å². The number of aromatic nitrogens is 1. The van der Waals surface area contributed by atoms with E-state index in [1.54, 1.807) is 0 Å². The van der Waals surface area contributed by atoms with Gasteiger partial charge in [-0.1, -0.05) is 0 Å². The second-order valence-corrected chi connectivity index (χ2v) is 7.82. The fourth-order valence-electron chi connectivity index (χ4n) is 3.84. The van der Waals surface area contributed by atoms with E-state index in [9.17, 15) is 13.6 Å². The summed E-state index contributed by atoms with van der Waals surface area (Å²) in [6, 6.07) is 3.68. The molecule has 8 heteroatoms. The average molecular weight is 379 g/mol. The van der Waals surface area contributed by atoms with Gasteiger partial charge < -0.3 is 9.73 Å². The predicted molar refractivity (Wildman–Crippen MR) is 92.0 cm³/mol. The summed E-state index contributed by atoms with van der Waals surface area (Å²) >= 11 is 0.961. The number of oxazole rings is 1. The van der Waals surface area contributed by atoms with E-state index >= 15 is 0 Å². The molecule has 4 heterocycles. The number of carbonyl (C=O) groups excluding carboxylic acids is 1. The Kier molecular flexibility index (Phi) is 4.71. The molecule has 3 aliphatic rings. The Balaban J connectivity index is 1.43. The summed E-state index contributed by atoms with van der Waals surface area (Å²) in [5, 5.41) is 3.32. The van der Waals surface area contributed by atoms with Crippen LogP contribution in [0, 0.1) is 17.6 Å². The van der Waals surface area contributed by atoms with Gasteiger partial charge in [-0.25, -0.2) is 13.8 Å². The van der Waals surface area contributed by atoms with Gasteiger partial charge in [0.15, 0.2) is 5.09 Å². The van der Waals surface area contributed by atoms with Gasteiger partial charge in [0.2, 0.25) is 0 Å². The summed E-state index contributed by atoms with van der Waals surface area (Å²) in [6.45, 7) is 4.30. The Morgan fingerprint density at radius 1 is 1.35 bits per heavy atom. The Morgan fingerprint density at radius 3 is 2.81 bits per heavy atom. The second kappa shape index (κ2) is 7.00. The summed E-state index contributed by atoms with van der Waals surface area (Å²) in [4.78, 5) is 19.1. The summed E-state index contributed by atoms with van der Waals surface area (Å²) < 4.78 is 32.2. The lowest BCUT2D eigenvalue weighted by Gasteiger charge is -2.49. The molecule has 1 amide bonds. The SMILES string of the molecule is CC1C(NC(=O)c2ncc(Sc3ccc(F)cc3F)o2)C2CCN1CC2. The minimum atomic E-state index is -0.682. The Labute approximate surface area is 154 Å². The molecule has 1 N–H and O–H groups in total. The van der Waals surface area contributed by atoms with Gasteiger partial charge in [0, 0.05) is 18.2 Å². The molecule has 0 spiro atoms. The zero-order chi connectivity index (χ0) is 18.3. The van der Waals surface area contributed by atoms with Gasteiger partial charge in [0.1, 0.15) is 11.6 Å². The van der Waals surface area contributed by atoms with Crippen molar-refractivity contribution in [3.63, 3.8) is 0 Å². The van der Waals surface area contributed by atoms with Crippen LogP contribution in [-0.2, 0) is 0 Å². The van der Waals surface area contributed by atoms with Crippen molar-refractivity contribution in [1.82, 2.24) is 15.2 Å². The van der Waals surface area contributed by atoms with Crippen LogP contribution in [0.1, 0.15) is 30.5 Å². The Hall–Kier alpha value is -1.93. The highest BCUT2D eigenvalue weighted by Gasteiger charge is 2.40. The molecule has 138 valence electrons. The first-order chi connectivity index (χ1) is 12.5. The molecule has 2 unspecified atom stereocenters. The zero-order valence-corrected chi connectivity index (χ0v) is 15.1. The molecule has 3 saturated heterocycles. The number of hydrogen-bond acceptors (Lipinski definition) is 5. The number of rotatable bonds is 4. The summed E-state index contributed by atoms with van der Waals surface area (Å²) in [5.41, 5.74) is 0. The summed E-state index contributed by atoms with van der Waals surface area (Å²) in [7, 11) is 0. The maximum Gasteiger partial charge on any atom is 0.307 e. The van der Waals surface area contributed by atoms with Gasteiger partial charge in [-0.2, -0.15) is 0 Å². The molecule has 2 bridgehead atoms. The number of nitrogens with zero attached hydrogens (tertiary/aromatic N) is 2. The topological polar surface area (TPSA) is 58.4 Å². The molecule has 0 saturated carbocycles. The van der Waals surface area contributed by atoms with Crippen molar-refractivity contribution in [2.75, 3.05) is 13.1 Å². The first-order valence-electron chi connectivity index (χ1n) is 8.65. The van der Waals surface area contributed by atoms with Crippen LogP contribution in [0.2, 0.25) is 0 Å². The third-order valence-electron chi connectivity index (χ3n) is 5.26. The summed E-state index contributed by atoms with van der Waals surface area (Å²) in [6.07, 6.45) is 3.56. The van der Waals surface area contributed by atoms with Crippen LogP contribution in [-0.4, -0.2) is 41.0 Å². The molecule has 0 radical (unpaired) electrons. The number of piperidine rings is 3. The standard InChI is InChI=1S/C18H19F2N3O2S/c1-10-16(11-4-6-23(10)7-5-11)22-17(24)18-21-9-15(25-18)26-14-3-2-12(19)8-13(14)20/h2-3,8-11,16H,4-7H2,1H3,(H,22,24). The number of halogens is 2. The van der Waals surface area contributed by atoms with Crippen LogP contribution in [0.5, 0.6) is 0 Å². The van der Waals surface area contributed by atoms with Crippen molar-refractivity contribution >= 4 is 17.7 Å².